The molecule has 2 N–H and O–H groups in total. The highest BCUT2D eigenvalue weighted by molar-refractivity contribution is 6.47. The Morgan fingerprint density at radius 3 is 2.62 bits per heavy atom. The lowest BCUT2D eigenvalue weighted by atomic mass is 9.91. The minimum absolute atomic E-state index is 0.220. The fraction of sp³-hybridized carbons (Fsp3) is 0.250. The van der Waals surface area contributed by atoms with Gasteiger partial charge in [-0.1, -0.05) is 12.1 Å². The highest BCUT2D eigenvalue weighted by atomic mass is 16.4. The van der Waals surface area contributed by atoms with Crippen molar-refractivity contribution < 1.29 is 10.0 Å². The van der Waals surface area contributed by atoms with Gasteiger partial charge in [0.2, 0.25) is 0 Å². The molecule has 4 heteroatoms. The summed E-state index contributed by atoms with van der Waals surface area (Å²) in [7, 11) is -1.43. The summed E-state index contributed by atoms with van der Waals surface area (Å²) in [5, 5.41) is 24.2. The van der Waals surface area contributed by atoms with Gasteiger partial charge in [0.25, 0.3) is 0 Å². The number of nitriles is 1. The number of rotatable bonds is 2. The smallest absolute Gasteiger partial charge is 0.424 e. The summed E-state index contributed by atoms with van der Waals surface area (Å²) >= 11 is 0. The molecule has 0 heterocycles. The van der Waals surface area contributed by atoms with E-state index in [0.717, 1.165) is 5.98 Å². The Balaban J connectivity index is 3.23. The van der Waals surface area contributed by atoms with Gasteiger partial charge in [0.1, 0.15) is 0 Å². The fourth-order valence-electron chi connectivity index (χ4n) is 0.242. The van der Waals surface area contributed by atoms with Crippen molar-refractivity contribution in [1.82, 2.24) is 0 Å². The summed E-state index contributed by atoms with van der Waals surface area (Å²) in [4.78, 5) is 0. The van der Waals surface area contributed by atoms with Gasteiger partial charge in [0.15, 0.2) is 0 Å². The van der Waals surface area contributed by atoms with Gasteiger partial charge in [-0.3, -0.25) is 0 Å². The van der Waals surface area contributed by atoms with Crippen LogP contribution in [0.1, 0.15) is 6.42 Å². The maximum absolute atomic E-state index is 8.14. The van der Waals surface area contributed by atoms with E-state index in [9.17, 15) is 0 Å². The van der Waals surface area contributed by atoms with Crippen LogP contribution in [0.15, 0.2) is 12.1 Å². The number of hydrogen-bond acceptors (Lipinski definition) is 3. The van der Waals surface area contributed by atoms with Crippen molar-refractivity contribution in [3.63, 3.8) is 0 Å². The van der Waals surface area contributed by atoms with E-state index < -0.39 is 7.12 Å². The van der Waals surface area contributed by atoms with Gasteiger partial charge >= 0.3 is 7.12 Å². The lowest BCUT2D eigenvalue weighted by molar-refractivity contribution is 0.424. The summed E-state index contributed by atoms with van der Waals surface area (Å²) in [5.41, 5.74) is 0. The summed E-state index contributed by atoms with van der Waals surface area (Å²) in [6.07, 6.45) is 1.61. The first kappa shape index (κ1) is 7.21. The van der Waals surface area contributed by atoms with Crippen LogP contribution in [-0.4, -0.2) is 17.2 Å². The van der Waals surface area contributed by atoms with Crippen LogP contribution in [0.4, 0.5) is 0 Å². The molecule has 0 amide bonds. The molecule has 0 rings (SSSR count). The topological polar surface area (TPSA) is 64.2 Å². The molecule has 0 aromatic heterocycles. The molecule has 0 unspecified atom stereocenters. The summed E-state index contributed by atoms with van der Waals surface area (Å²) in [5.74, 6) is 1.14. The van der Waals surface area contributed by atoms with Crippen molar-refractivity contribution in [2.24, 2.45) is 0 Å². The highest BCUT2D eigenvalue weighted by Gasteiger charge is 1.95. The van der Waals surface area contributed by atoms with Crippen molar-refractivity contribution in [3.8, 4) is 6.07 Å². The van der Waals surface area contributed by atoms with Gasteiger partial charge < -0.3 is 10.0 Å². The molecule has 0 aromatic carbocycles. The summed E-state index contributed by atoms with van der Waals surface area (Å²) in [6.45, 7) is 0. The van der Waals surface area contributed by atoms with Crippen molar-refractivity contribution in [2.75, 3.05) is 0 Å². The van der Waals surface area contributed by atoms with Crippen LogP contribution < -0.4 is 0 Å². The lowest BCUT2D eigenvalue weighted by Crippen LogP contribution is -2.05. The van der Waals surface area contributed by atoms with Crippen LogP contribution in [0, 0.1) is 11.3 Å². The van der Waals surface area contributed by atoms with Crippen LogP contribution in [0.25, 0.3) is 0 Å². The van der Waals surface area contributed by atoms with Gasteiger partial charge in [0, 0.05) is 0 Å². The molecule has 8 heavy (non-hydrogen) atoms. The van der Waals surface area contributed by atoms with E-state index in [0.29, 0.717) is 0 Å². The third-order valence-corrected chi connectivity index (χ3v) is 0.517. The summed E-state index contributed by atoms with van der Waals surface area (Å²) < 4.78 is 0. The zero-order valence-electron chi connectivity index (χ0n) is 4.28. The Hall–Kier alpha value is -0.785. The Morgan fingerprint density at radius 1 is 1.62 bits per heavy atom. The van der Waals surface area contributed by atoms with Gasteiger partial charge in [-0.2, -0.15) is 5.26 Å². The number of hydrogen-bond donors (Lipinski definition) is 2. The molecule has 0 saturated heterocycles. The molecule has 0 radical (unpaired) electrons. The molecule has 0 aromatic rings. The maximum atomic E-state index is 8.14. The minimum atomic E-state index is -1.43. The maximum Gasteiger partial charge on any atom is 0.480 e. The van der Waals surface area contributed by atoms with E-state index in [4.69, 9.17) is 15.3 Å². The van der Waals surface area contributed by atoms with Crippen LogP contribution in [-0.2, 0) is 0 Å². The van der Waals surface area contributed by atoms with E-state index >= 15 is 0 Å². The molecule has 0 aliphatic heterocycles. The van der Waals surface area contributed by atoms with E-state index in [1.807, 2.05) is 6.07 Å². The Kier molecular flexibility index (Phi) is 3.95. The fourth-order valence-corrected chi connectivity index (χ4v) is 0.242. The first-order valence-electron chi connectivity index (χ1n) is 2.17. The average molecular weight is 111 g/mol. The predicted molar refractivity (Wildman–Crippen MR) is 29.6 cm³/mol. The van der Waals surface area contributed by atoms with Gasteiger partial charge in [0.05, 0.1) is 12.5 Å². The highest BCUT2D eigenvalue weighted by Crippen LogP contribution is 1.78. The monoisotopic (exact) mass is 111 g/mol. The minimum Gasteiger partial charge on any atom is -0.424 e. The second-order valence-electron chi connectivity index (χ2n) is 1.20. The van der Waals surface area contributed by atoms with E-state index in [-0.39, 0.29) is 6.42 Å². The molecule has 0 aliphatic carbocycles. The molecular formula is C4H6BNO2. The second kappa shape index (κ2) is 4.38. The first-order valence-corrected chi connectivity index (χ1v) is 2.17. The third-order valence-electron chi connectivity index (χ3n) is 0.517. The number of allylic oxidation sites excluding steroid dienone is 1. The molecule has 42 valence electrons. The van der Waals surface area contributed by atoms with Crippen molar-refractivity contribution in [3.05, 3.63) is 12.1 Å². The zero-order valence-corrected chi connectivity index (χ0v) is 4.28. The van der Waals surface area contributed by atoms with Crippen molar-refractivity contribution in [1.29, 1.82) is 5.26 Å². The molecule has 0 spiro atoms. The molecule has 0 aliphatic rings. The van der Waals surface area contributed by atoms with Gasteiger partial charge in [-0.15, -0.1) is 0 Å². The van der Waals surface area contributed by atoms with Crippen LogP contribution in [0.2, 0.25) is 0 Å². The van der Waals surface area contributed by atoms with Gasteiger partial charge in [-0.25, -0.2) is 0 Å². The zero-order chi connectivity index (χ0) is 6.41. The normalized spacial score (nSPS) is 9.12. The van der Waals surface area contributed by atoms with Crippen molar-refractivity contribution >= 4 is 7.12 Å². The second-order valence-corrected chi connectivity index (χ2v) is 1.20. The van der Waals surface area contributed by atoms with E-state index in [1.165, 1.54) is 6.08 Å². The summed E-state index contributed by atoms with van der Waals surface area (Å²) in [6, 6.07) is 1.81. The quantitative estimate of drug-likeness (QED) is 0.470. The molecule has 3 nitrogen and oxygen atoms in total. The van der Waals surface area contributed by atoms with E-state index in [2.05, 4.69) is 0 Å². The molecule has 0 fully saturated rings. The van der Waals surface area contributed by atoms with E-state index in [1.54, 1.807) is 0 Å². The van der Waals surface area contributed by atoms with Crippen LogP contribution >= 0.6 is 0 Å². The predicted octanol–water partition coefficient (Wildman–Crippen LogP) is -0.532. The average Bonchev–Trinajstić information content (AvgIpc) is 1.66. The van der Waals surface area contributed by atoms with Gasteiger partial charge in [-0.05, 0) is 0 Å². The van der Waals surface area contributed by atoms with Crippen molar-refractivity contribution in [2.45, 2.75) is 6.42 Å². The molecule has 0 saturated carbocycles. The lowest BCUT2D eigenvalue weighted by Gasteiger charge is -1.80. The van der Waals surface area contributed by atoms with Crippen LogP contribution in [0.5, 0.6) is 0 Å². The SMILES string of the molecule is N#CC/C=C/B(O)O. The Bertz CT molecular complexity index is 116. The first-order chi connectivity index (χ1) is 3.77. The number of nitrogens with zero attached hydrogens (tertiary/aromatic N) is 1. The Labute approximate surface area is 48.0 Å². The molecular weight excluding hydrogens is 105 g/mol. The third kappa shape index (κ3) is 5.21. The molecule has 0 bridgehead atoms. The Morgan fingerprint density at radius 2 is 2.25 bits per heavy atom. The standard InChI is InChI=1S/C4H6BNO2/c6-4-2-1-3-5(7)8/h1,3,7-8H,2H2/b3-1+. The largest absolute Gasteiger partial charge is 0.480 e. The molecule has 0 atom stereocenters. The van der Waals surface area contributed by atoms with Crippen LogP contribution in [0.3, 0.4) is 0 Å².